The molecule has 1 fully saturated rings. The van der Waals surface area contributed by atoms with Gasteiger partial charge in [0.1, 0.15) is 12.2 Å². The van der Waals surface area contributed by atoms with Crippen LogP contribution >= 0.6 is 0 Å². The molecular weight excluding hydrogens is 551 g/mol. The Balaban J connectivity index is -0.00000192. The predicted octanol–water partition coefficient (Wildman–Crippen LogP) is -2.23. The second kappa shape index (κ2) is 20.1. The number of rotatable bonds is 2. The summed E-state index contributed by atoms with van der Waals surface area (Å²) in [5.74, 6) is -3.42. The van der Waals surface area contributed by atoms with Gasteiger partial charge < -0.3 is 60.5 Å². The molecule has 13 heteroatoms. The zero-order valence-corrected chi connectivity index (χ0v) is 17.1. The Labute approximate surface area is 172 Å². The number of hydrogen-bond acceptors (Lipinski definition) is 10. The fourth-order valence-electron chi connectivity index (χ4n) is 1.79. The van der Waals surface area contributed by atoms with Crippen molar-refractivity contribution in [2.75, 3.05) is 66.1 Å². The number of aliphatic carboxylic acids is 2. The van der Waals surface area contributed by atoms with Gasteiger partial charge in [-0.3, -0.25) is 0 Å². The van der Waals surface area contributed by atoms with Gasteiger partial charge in [-0.05, 0) is 0 Å². The number of nitrogens with two attached hydrogens (primary N) is 2. The molecule has 0 aromatic rings. The molecule has 162 valence electrons. The third-order valence-electron chi connectivity index (χ3n) is 2.91. The summed E-state index contributed by atoms with van der Waals surface area (Å²) >= 11 is 0. The van der Waals surface area contributed by atoms with Gasteiger partial charge in [0.15, 0.2) is 0 Å². The van der Waals surface area contributed by atoms with E-state index < -0.39 is 24.1 Å². The van der Waals surface area contributed by atoms with Gasteiger partial charge in [-0.2, -0.15) is 0 Å². The Hall–Kier alpha value is -0.692. The summed E-state index contributed by atoms with van der Waals surface area (Å²) in [6, 6.07) is 0. The molecule has 2 atom stereocenters. The monoisotopic (exact) mass is 577 g/mol. The van der Waals surface area contributed by atoms with Crippen molar-refractivity contribution >= 4 is 11.9 Å². The first-order chi connectivity index (χ1) is 11.6. The first-order valence-electron chi connectivity index (χ1n) is 7.59. The first-order valence-corrected chi connectivity index (χ1v) is 7.59. The molecule has 1 heterocycles. The smallest absolute Gasteiger partial charge is 0.693 e. The maximum Gasteiger partial charge on any atom is 4.00 e. The Morgan fingerprint density at radius 1 is 0.556 bits per heavy atom. The largest absolute Gasteiger partial charge is 4.00 e. The number of hydrogen-bond donors (Lipinski definition) is 0. The molecule has 1 rings (SSSR count). The molecule has 0 aliphatic carbocycles. The molecule has 1 aliphatic heterocycles. The van der Waals surface area contributed by atoms with Crippen LogP contribution in [-0.2, 0) is 59.1 Å². The summed E-state index contributed by atoms with van der Waals surface area (Å²) in [5.41, 5.74) is 0. The fraction of sp³-hybridized carbons (Fsp3) is 0.857. The quantitative estimate of drug-likeness (QED) is 0.345. The minimum Gasteiger partial charge on any atom is -0.693 e. The van der Waals surface area contributed by atoms with Crippen molar-refractivity contribution in [1.29, 1.82) is 0 Å². The van der Waals surface area contributed by atoms with Crippen LogP contribution in [0.25, 0.3) is 12.3 Å². The molecule has 12 nitrogen and oxygen atoms in total. The minimum absolute atomic E-state index is 0. The number of carbonyl (C=O) groups excluding carboxylic acids is 2. The topological polar surface area (TPSA) is 203 Å². The molecule has 27 heavy (non-hydrogen) atoms. The maximum atomic E-state index is 11.1. The second-order valence-corrected chi connectivity index (χ2v) is 4.67. The number of carboxylic acids is 2. The molecule has 0 radical (unpaired) electrons. The maximum absolute atomic E-state index is 11.1. The number of ether oxygens (including phenoxy) is 6. The van der Waals surface area contributed by atoms with Crippen molar-refractivity contribution in [3.63, 3.8) is 0 Å². The van der Waals surface area contributed by atoms with Crippen LogP contribution in [0, 0.1) is 0 Å². The van der Waals surface area contributed by atoms with E-state index in [-0.39, 0.29) is 73.0 Å². The fourth-order valence-corrected chi connectivity index (χ4v) is 1.79. The van der Waals surface area contributed by atoms with Gasteiger partial charge in [-0.25, -0.2) is 0 Å². The van der Waals surface area contributed by atoms with Gasteiger partial charge >= 0.3 is 21.1 Å². The molecule has 0 aromatic carbocycles. The molecule has 0 bridgehead atoms. The zero-order chi connectivity index (χ0) is 17.6. The average molecular weight is 577 g/mol. The van der Waals surface area contributed by atoms with Crippen molar-refractivity contribution in [2.24, 2.45) is 0 Å². The average Bonchev–Trinajstić information content (AvgIpc) is 2.54. The van der Waals surface area contributed by atoms with Gasteiger partial charge in [-0.15, -0.1) is 0 Å². The summed E-state index contributed by atoms with van der Waals surface area (Å²) in [6.07, 6.45) is -3.62. The summed E-state index contributed by atoms with van der Waals surface area (Å²) in [7, 11) is 0. The molecular formula is C14H26N2O10Pt. The van der Waals surface area contributed by atoms with E-state index in [2.05, 4.69) is 0 Å². The molecule has 4 N–H and O–H groups in total. The van der Waals surface area contributed by atoms with Crippen LogP contribution in [0.4, 0.5) is 0 Å². The molecule has 0 unspecified atom stereocenters. The van der Waals surface area contributed by atoms with Gasteiger partial charge in [0, 0.05) is 0 Å². The van der Waals surface area contributed by atoms with E-state index in [1.165, 1.54) is 0 Å². The van der Waals surface area contributed by atoms with Crippen LogP contribution in [-0.4, -0.2) is 90.2 Å². The van der Waals surface area contributed by atoms with E-state index in [9.17, 15) is 19.8 Å². The Morgan fingerprint density at radius 3 is 1.00 bits per heavy atom. The van der Waals surface area contributed by atoms with E-state index >= 15 is 0 Å². The van der Waals surface area contributed by atoms with Crippen molar-refractivity contribution in [3.05, 3.63) is 12.3 Å². The second-order valence-electron chi connectivity index (χ2n) is 4.67. The first kappa shape index (κ1) is 31.0. The normalized spacial score (nSPS) is 23.9. The van der Waals surface area contributed by atoms with Crippen molar-refractivity contribution in [1.82, 2.24) is 0 Å². The van der Waals surface area contributed by atoms with E-state index in [1.807, 2.05) is 0 Å². The zero-order valence-electron chi connectivity index (χ0n) is 14.8. The molecule has 0 saturated carbocycles. The van der Waals surface area contributed by atoms with Gasteiger partial charge in [0.25, 0.3) is 0 Å². The standard InChI is InChI=1S/C14H24O10.2H2N.Pt/c15-13(16)11-12(14(17)18)24-10-8-22-6-4-20-2-1-19-3-5-21-7-9-23-11;;;/h11-12H,1-10H2,(H,15,16)(H,17,18);2*1H2;/q;2*-1;+4/p-2/t11-,12+;;;. The summed E-state index contributed by atoms with van der Waals surface area (Å²) in [6.45, 7) is 1.91. The van der Waals surface area contributed by atoms with E-state index in [1.54, 1.807) is 0 Å². The number of carboxylic acid groups (broad SMARTS) is 2. The van der Waals surface area contributed by atoms with Gasteiger partial charge in [-0.1, -0.05) is 0 Å². The Kier molecular flexibility index (Phi) is 23.0. The van der Waals surface area contributed by atoms with Gasteiger partial charge in [0.05, 0.1) is 78.0 Å². The van der Waals surface area contributed by atoms with Crippen molar-refractivity contribution < 1.29 is 69.3 Å². The predicted molar refractivity (Wildman–Crippen MR) is 83.3 cm³/mol. The summed E-state index contributed by atoms with van der Waals surface area (Å²) < 4.78 is 30.8. The molecule has 1 saturated heterocycles. The van der Waals surface area contributed by atoms with E-state index in [0.717, 1.165) is 0 Å². The molecule has 0 amide bonds. The van der Waals surface area contributed by atoms with Crippen LogP contribution in [0.15, 0.2) is 0 Å². The van der Waals surface area contributed by atoms with Crippen LogP contribution < -0.4 is 10.2 Å². The SMILES string of the molecule is O=C([O-])[C@H]1OCCOCCOCCOCCOCCO[C@H]1C(=O)[O-].[NH2-].[NH2-].[Pt+4]. The summed E-state index contributed by atoms with van der Waals surface area (Å²) in [4.78, 5) is 22.2. The van der Waals surface area contributed by atoms with Crippen LogP contribution in [0.5, 0.6) is 0 Å². The van der Waals surface area contributed by atoms with Crippen LogP contribution in [0.2, 0.25) is 0 Å². The van der Waals surface area contributed by atoms with Crippen LogP contribution in [0.3, 0.4) is 0 Å². The van der Waals surface area contributed by atoms with E-state index in [0.29, 0.717) is 26.4 Å². The Bertz CT molecular complexity index is 344. The summed E-state index contributed by atoms with van der Waals surface area (Å²) in [5, 5.41) is 22.2. The van der Waals surface area contributed by atoms with Crippen molar-refractivity contribution in [2.45, 2.75) is 12.2 Å². The van der Waals surface area contributed by atoms with E-state index in [4.69, 9.17) is 28.4 Å². The Morgan fingerprint density at radius 2 is 0.778 bits per heavy atom. The third kappa shape index (κ3) is 15.0. The molecule has 0 spiro atoms. The minimum atomic E-state index is -1.81. The third-order valence-corrected chi connectivity index (χ3v) is 2.91. The number of carbonyl (C=O) groups is 2. The van der Waals surface area contributed by atoms with Gasteiger partial charge in [0.2, 0.25) is 0 Å². The van der Waals surface area contributed by atoms with Crippen LogP contribution in [0.1, 0.15) is 0 Å². The molecule has 0 aromatic heterocycles. The molecule has 1 aliphatic rings. The van der Waals surface area contributed by atoms with Crippen molar-refractivity contribution in [3.8, 4) is 0 Å².